The van der Waals surface area contributed by atoms with Crippen LogP contribution in [0.25, 0.3) is 0 Å². The van der Waals surface area contributed by atoms with E-state index in [2.05, 4.69) is 5.32 Å². The van der Waals surface area contributed by atoms with Crippen molar-refractivity contribution in [2.45, 2.75) is 13.8 Å². The summed E-state index contributed by atoms with van der Waals surface area (Å²) >= 11 is 6.17. The molecule has 1 heterocycles. The Labute approximate surface area is 172 Å². The predicted molar refractivity (Wildman–Crippen MR) is 109 cm³/mol. The van der Waals surface area contributed by atoms with Crippen LogP contribution in [0.1, 0.15) is 24.2 Å². The van der Waals surface area contributed by atoms with Gasteiger partial charge in [-0.2, -0.15) is 0 Å². The second-order valence-electron chi connectivity index (χ2n) is 5.96. The second kappa shape index (κ2) is 8.79. The van der Waals surface area contributed by atoms with Crippen molar-refractivity contribution in [1.82, 2.24) is 0 Å². The number of imide groups is 1. The maximum absolute atomic E-state index is 13.0. The van der Waals surface area contributed by atoms with Gasteiger partial charge in [-0.25, -0.2) is 9.69 Å². The number of esters is 1. The maximum Gasteiger partial charge on any atom is 0.338 e. The van der Waals surface area contributed by atoms with Gasteiger partial charge in [-0.15, -0.1) is 0 Å². The molecule has 29 heavy (non-hydrogen) atoms. The molecule has 2 aromatic rings. The molecule has 8 heteroatoms. The molecule has 3 rings (SSSR count). The van der Waals surface area contributed by atoms with Crippen LogP contribution in [-0.4, -0.2) is 31.0 Å². The molecular weight excluding hydrogens is 396 g/mol. The zero-order valence-electron chi connectivity index (χ0n) is 15.9. The molecule has 150 valence electrons. The van der Waals surface area contributed by atoms with Gasteiger partial charge in [0.05, 0.1) is 24.5 Å². The van der Waals surface area contributed by atoms with Crippen LogP contribution in [0.3, 0.4) is 0 Å². The SMILES string of the molecule is CCOC(=O)c1cccc(NC2=C(Cl)C(=O)N(c3ccccc3OCC)C2=O)c1. The summed E-state index contributed by atoms with van der Waals surface area (Å²) in [7, 11) is 0. The minimum atomic E-state index is -0.659. The average molecular weight is 415 g/mol. The van der Waals surface area contributed by atoms with E-state index in [1.807, 2.05) is 0 Å². The Morgan fingerprint density at radius 3 is 2.52 bits per heavy atom. The molecule has 7 nitrogen and oxygen atoms in total. The molecule has 0 fully saturated rings. The molecular formula is C21H19ClN2O5. The standard InChI is InChI=1S/C21H19ClN2O5/c1-3-28-16-11-6-5-10-15(16)24-19(25)17(22)18(20(24)26)23-14-9-7-8-13(12-14)21(27)29-4-2/h5-12,23H,3-4H2,1-2H3. The van der Waals surface area contributed by atoms with Gasteiger partial charge in [-0.1, -0.05) is 29.8 Å². The summed E-state index contributed by atoms with van der Waals surface area (Å²) in [4.78, 5) is 38.5. The molecule has 0 radical (unpaired) electrons. The van der Waals surface area contributed by atoms with Gasteiger partial charge in [-0.05, 0) is 44.2 Å². The second-order valence-corrected chi connectivity index (χ2v) is 6.34. The van der Waals surface area contributed by atoms with E-state index in [1.165, 1.54) is 6.07 Å². The molecule has 0 saturated heterocycles. The highest BCUT2D eigenvalue weighted by Gasteiger charge is 2.40. The Morgan fingerprint density at radius 2 is 1.79 bits per heavy atom. The Bertz CT molecular complexity index is 1000. The molecule has 0 saturated carbocycles. The van der Waals surface area contributed by atoms with Crippen molar-refractivity contribution < 1.29 is 23.9 Å². The van der Waals surface area contributed by atoms with Crippen LogP contribution in [0, 0.1) is 0 Å². The number of carbonyl (C=O) groups is 3. The number of rotatable bonds is 7. The van der Waals surface area contributed by atoms with E-state index in [1.54, 1.807) is 56.3 Å². The number of anilines is 2. The zero-order chi connectivity index (χ0) is 21.0. The molecule has 0 spiro atoms. The molecule has 0 aromatic heterocycles. The van der Waals surface area contributed by atoms with Crippen molar-refractivity contribution >= 4 is 40.8 Å². The van der Waals surface area contributed by atoms with Crippen molar-refractivity contribution in [1.29, 1.82) is 0 Å². The number of hydrogen-bond donors (Lipinski definition) is 1. The van der Waals surface area contributed by atoms with Gasteiger partial charge in [0, 0.05) is 5.69 Å². The molecule has 2 aromatic carbocycles. The lowest BCUT2D eigenvalue weighted by Gasteiger charge is -2.18. The highest BCUT2D eigenvalue weighted by Crippen LogP contribution is 2.35. The first-order valence-corrected chi connectivity index (χ1v) is 9.40. The van der Waals surface area contributed by atoms with Crippen LogP contribution in [-0.2, 0) is 14.3 Å². The zero-order valence-corrected chi connectivity index (χ0v) is 16.7. The fraction of sp³-hybridized carbons (Fsp3) is 0.190. The highest BCUT2D eigenvalue weighted by atomic mass is 35.5. The molecule has 1 aliphatic heterocycles. The van der Waals surface area contributed by atoms with Crippen molar-refractivity contribution in [3.8, 4) is 5.75 Å². The fourth-order valence-electron chi connectivity index (χ4n) is 2.83. The number of para-hydroxylation sites is 2. The van der Waals surface area contributed by atoms with E-state index in [9.17, 15) is 14.4 Å². The highest BCUT2D eigenvalue weighted by molar-refractivity contribution is 6.53. The van der Waals surface area contributed by atoms with Crippen molar-refractivity contribution in [2.24, 2.45) is 0 Å². The van der Waals surface area contributed by atoms with Crippen LogP contribution < -0.4 is 15.0 Å². The first-order chi connectivity index (χ1) is 14.0. The largest absolute Gasteiger partial charge is 0.492 e. The first kappa shape index (κ1) is 20.4. The molecule has 1 N–H and O–H groups in total. The first-order valence-electron chi connectivity index (χ1n) is 9.02. The third kappa shape index (κ3) is 4.09. The number of halogens is 1. The monoisotopic (exact) mass is 414 g/mol. The summed E-state index contributed by atoms with van der Waals surface area (Å²) in [6, 6.07) is 13.1. The predicted octanol–water partition coefficient (Wildman–Crippen LogP) is 3.70. The average Bonchev–Trinajstić information content (AvgIpc) is 2.92. The summed E-state index contributed by atoms with van der Waals surface area (Å²) in [6.45, 7) is 4.13. The van der Waals surface area contributed by atoms with Gasteiger partial charge < -0.3 is 14.8 Å². The number of ether oxygens (including phenoxy) is 2. The number of nitrogens with one attached hydrogen (secondary N) is 1. The number of nitrogens with zero attached hydrogens (tertiary/aromatic N) is 1. The molecule has 0 unspecified atom stereocenters. The molecule has 0 atom stereocenters. The van der Waals surface area contributed by atoms with Crippen molar-refractivity contribution in [3.63, 3.8) is 0 Å². The van der Waals surface area contributed by atoms with Gasteiger partial charge >= 0.3 is 5.97 Å². The Kier molecular flexibility index (Phi) is 6.19. The Balaban J connectivity index is 1.89. The van der Waals surface area contributed by atoms with Gasteiger partial charge in [0.1, 0.15) is 16.5 Å². The minimum absolute atomic E-state index is 0.0797. The van der Waals surface area contributed by atoms with E-state index in [4.69, 9.17) is 21.1 Å². The van der Waals surface area contributed by atoms with E-state index in [0.717, 1.165) is 4.90 Å². The van der Waals surface area contributed by atoms with Gasteiger partial charge in [0.2, 0.25) is 0 Å². The quantitative estimate of drug-likeness (QED) is 0.549. The van der Waals surface area contributed by atoms with Crippen LogP contribution in [0.2, 0.25) is 0 Å². The number of carbonyl (C=O) groups excluding carboxylic acids is 3. The van der Waals surface area contributed by atoms with Gasteiger partial charge in [-0.3, -0.25) is 9.59 Å². The number of amides is 2. The summed E-state index contributed by atoms with van der Waals surface area (Å²) in [5.41, 5.74) is 0.956. The fourth-order valence-corrected chi connectivity index (χ4v) is 3.04. The molecule has 2 amide bonds. The lowest BCUT2D eigenvalue weighted by Crippen LogP contribution is -2.32. The smallest absolute Gasteiger partial charge is 0.338 e. The van der Waals surface area contributed by atoms with E-state index >= 15 is 0 Å². The van der Waals surface area contributed by atoms with Gasteiger partial charge in [0.15, 0.2) is 0 Å². The molecule has 0 bridgehead atoms. The summed E-state index contributed by atoms with van der Waals surface area (Å²) in [6.07, 6.45) is 0. The number of benzene rings is 2. The minimum Gasteiger partial charge on any atom is -0.492 e. The molecule has 1 aliphatic rings. The van der Waals surface area contributed by atoms with Crippen molar-refractivity contribution in [3.05, 3.63) is 64.8 Å². The Hall–Kier alpha value is -3.32. The van der Waals surface area contributed by atoms with Crippen LogP contribution in [0.5, 0.6) is 5.75 Å². The summed E-state index contributed by atoms with van der Waals surface area (Å²) < 4.78 is 10.5. The van der Waals surface area contributed by atoms with Crippen LogP contribution in [0.4, 0.5) is 11.4 Å². The van der Waals surface area contributed by atoms with E-state index < -0.39 is 17.8 Å². The third-order valence-corrected chi connectivity index (χ3v) is 4.43. The third-order valence-electron chi connectivity index (χ3n) is 4.08. The van der Waals surface area contributed by atoms with Crippen LogP contribution >= 0.6 is 11.6 Å². The Morgan fingerprint density at radius 1 is 1.03 bits per heavy atom. The van der Waals surface area contributed by atoms with E-state index in [-0.39, 0.29) is 17.3 Å². The number of hydrogen-bond acceptors (Lipinski definition) is 6. The van der Waals surface area contributed by atoms with Crippen LogP contribution in [0.15, 0.2) is 59.3 Å². The van der Waals surface area contributed by atoms with Crippen molar-refractivity contribution in [2.75, 3.05) is 23.4 Å². The normalized spacial score (nSPS) is 13.7. The lowest BCUT2D eigenvalue weighted by molar-refractivity contribution is -0.120. The van der Waals surface area contributed by atoms with E-state index in [0.29, 0.717) is 29.3 Å². The molecule has 0 aliphatic carbocycles. The summed E-state index contributed by atoms with van der Waals surface area (Å²) in [5.74, 6) is -1.37. The maximum atomic E-state index is 13.0. The summed E-state index contributed by atoms with van der Waals surface area (Å²) in [5, 5.41) is 2.60. The topological polar surface area (TPSA) is 84.9 Å². The lowest BCUT2D eigenvalue weighted by atomic mass is 10.2. The van der Waals surface area contributed by atoms with Gasteiger partial charge in [0.25, 0.3) is 11.8 Å².